The monoisotopic (exact) mass is 261 g/mol. The number of rotatable bonds is 5. The van der Waals surface area contributed by atoms with E-state index in [0.717, 1.165) is 24.4 Å². The molecule has 1 N–H and O–H groups in total. The average molecular weight is 261 g/mol. The quantitative estimate of drug-likeness (QED) is 0.892. The van der Waals surface area contributed by atoms with Gasteiger partial charge in [-0.3, -0.25) is 0 Å². The highest BCUT2D eigenvalue weighted by atomic mass is 16.5. The molecule has 1 aromatic carbocycles. The molecule has 2 rings (SSSR count). The Hall–Kier alpha value is -1.32. The summed E-state index contributed by atoms with van der Waals surface area (Å²) in [6, 6.07) is 2.23. The molecule has 0 aliphatic heterocycles. The van der Waals surface area contributed by atoms with Crippen LogP contribution in [0.1, 0.15) is 34.9 Å². The van der Waals surface area contributed by atoms with Crippen molar-refractivity contribution in [1.29, 1.82) is 0 Å². The van der Waals surface area contributed by atoms with Crippen LogP contribution in [0.3, 0.4) is 0 Å². The third-order valence-corrected chi connectivity index (χ3v) is 3.67. The number of fused-ring (bicyclic) bond motifs is 1. The number of ether oxygens (including phenoxy) is 1. The predicted octanol–water partition coefficient (Wildman–Crippen LogP) is 3.61. The van der Waals surface area contributed by atoms with Gasteiger partial charge in [0.25, 0.3) is 0 Å². The Morgan fingerprint density at radius 3 is 2.58 bits per heavy atom. The molecule has 3 nitrogen and oxygen atoms in total. The van der Waals surface area contributed by atoms with Crippen molar-refractivity contribution in [2.75, 3.05) is 13.7 Å². The summed E-state index contributed by atoms with van der Waals surface area (Å²) in [5.41, 5.74) is 5.95. The van der Waals surface area contributed by atoms with Crippen LogP contribution in [0.2, 0.25) is 0 Å². The average Bonchev–Trinajstić information content (AvgIpc) is 2.74. The van der Waals surface area contributed by atoms with E-state index >= 15 is 0 Å². The second-order valence-corrected chi connectivity index (χ2v) is 5.06. The lowest BCUT2D eigenvalue weighted by molar-refractivity contribution is 0.183. The summed E-state index contributed by atoms with van der Waals surface area (Å²) >= 11 is 0. The summed E-state index contributed by atoms with van der Waals surface area (Å²) in [5.74, 6) is 0.996. The van der Waals surface area contributed by atoms with Gasteiger partial charge in [-0.1, -0.05) is 13.0 Å². The Bertz CT molecular complexity index is 584. The lowest BCUT2D eigenvalue weighted by Crippen LogP contribution is -2.12. The smallest absolute Gasteiger partial charge is 0.138 e. The first-order chi connectivity index (χ1) is 9.10. The maximum atomic E-state index is 6.10. The standard InChI is InChI=1S/C16H23NO2/c1-6-17-8-14-13(9-18-5)15-11(3)7-10(2)12(4)16(15)19-14/h7,17H,6,8-9H2,1-5H3. The topological polar surface area (TPSA) is 34.4 Å². The molecule has 0 saturated carbocycles. The van der Waals surface area contributed by atoms with E-state index in [1.54, 1.807) is 7.11 Å². The van der Waals surface area contributed by atoms with E-state index in [4.69, 9.17) is 9.15 Å². The molecule has 0 amide bonds. The normalized spacial score (nSPS) is 11.4. The summed E-state index contributed by atoms with van der Waals surface area (Å²) in [4.78, 5) is 0. The molecule has 19 heavy (non-hydrogen) atoms. The van der Waals surface area contributed by atoms with Crippen LogP contribution in [0.4, 0.5) is 0 Å². The van der Waals surface area contributed by atoms with Crippen LogP contribution in [-0.2, 0) is 17.9 Å². The van der Waals surface area contributed by atoms with Crippen LogP contribution in [0.25, 0.3) is 11.0 Å². The molecule has 104 valence electrons. The molecular formula is C16H23NO2. The number of hydrogen-bond acceptors (Lipinski definition) is 3. The van der Waals surface area contributed by atoms with Gasteiger partial charge in [-0.05, 0) is 44.0 Å². The van der Waals surface area contributed by atoms with Gasteiger partial charge in [-0.2, -0.15) is 0 Å². The highest BCUT2D eigenvalue weighted by Crippen LogP contribution is 2.33. The Balaban J connectivity index is 2.65. The third kappa shape index (κ3) is 2.53. The maximum absolute atomic E-state index is 6.10. The molecule has 0 spiro atoms. The molecular weight excluding hydrogens is 238 g/mol. The van der Waals surface area contributed by atoms with Crippen LogP contribution in [0.5, 0.6) is 0 Å². The van der Waals surface area contributed by atoms with E-state index in [2.05, 4.69) is 39.1 Å². The number of hydrogen-bond donors (Lipinski definition) is 1. The van der Waals surface area contributed by atoms with E-state index < -0.39 is 0 Å². The number of methoxy groups -OCH3 is 1. The maximum Gasteiger partial charge on any atom is 0.138 e. The Kier molecular flexibility index (Phi) is 4.27. The molecule has 0 unspecified atom stereocenters. The van der Waals surface area contributed by atoms with Gasteiger partial charge in [0.15, 0.2) is 0 Å². The molecule has 0 radical (unpaired) electrons. The summed E-state index contributed by atoms with van der Waals surface area (Å²) in [7, 11) is 1.73. The largest absolute Gasteiger partial charge is 0.459 e. The fourth-order valence-corrected chi connectivity index (χ4v) is 2.56. The molecule has 1 aromatic heterocycles. The minimum absolute atomic E-state index is 0.594. The molecule has 0 saturated heterocycles. The van der Waals surface area contributed by atoms with Crippen LogP contribution < -0.4 is 5.32 Å². The fourth-order valence-electron chi connectivity index (χ4n) is 2.56. The zero-order valence-corrected chi connectivity index (χ0v) is 12.5. The minimum atomic E-state index is 0.594. The Labute approximate surface area is 114 Å². The molecule has 0 aliphatic rings. The minimum Gasteiger partial charge on any atom is -0.459 e. The fraction of sp³-hybridized carbons (Fsp3) is 0.500. The van der Waals surface area contributed by atoms with E-state index in [9.17, 15) is 0 Å². The number of benzene rings is 1. The van der Waals surface area contributed by atoms with Gasteiger partial charge in [0.2, 0.25) is 0 Å². The van der Waals surface area contributed by atoms with E-state index in [1.807, 2.05) is 0 Å². The van der Waals surface area contributed by atoms with Crippen LogP contribution >= 0.6 is 0 Å². The van der Waals surface area contributed by atoms with Crippen LogP contribution in [0.15, 0.2) is 10.5 Å². The van der Waals surface area contributed by atoms with Crippen molar-refractivity contribution in [3.05, 3.63) is 34.1 Å². The molecule has 0 bridgehead atoms. The summed E-state index contributed by atoms with van der Waals surface area (Å²) in [5, 5.41) is 4.55. The van der Waals surface area contributed by atoms with Gasteiger partial charge >= 0.3 is 0 Å². The lowest BCUT2D eigenvalue weighted by Gasteiger charge is -2.05. The van der Waals surface area contributed by atoms with Gasteiger partial charge in [-0.15, -0.1) is 0 Å². The number of aryl methyl sites for hydroxylation is 3. The zero-order valence-electron chi connectivity index (χ0n) is 12.5. The molecule has 0 atom stereocenters. The molecule has 2 aromatic rings. The van der Waals surface area contributed by atoms with Gasteiger partial charge in [0, 0.05) is 18.1 Å². The van der Waals surface area contributed by atoms with Gasteiger partial charge in [0.1, 0.15) is 11.3 Å². The van der Waals surface area contributed by atoms with E-state index in [0.29, 0.717) is 6.61 Å². The first-order valence-corrected chi connectivity index (χ1v) is 6.80. The van der Waals surface area contributed by atoms with Crippen molar-refractivity contribution in [3.8, 4) is 0 Å². The summed E-state index contributed by atoms with van der Waals surface area (Å²) in [6.07, 6.45) is 0. The number of nitrogens with one attached hydrogen (secondary N) is 1. The van der Waals surface area contributed by atoms with Crippen molar-refractivity contribution in [2.24, 2.45) is 0 Å². The third-order valence-electron chi connectivity index (χ3n) is 3.67. The second-order valence-electron chi connectivity index (χ2n) is 5.06. The highest BCUT2D eigenvalue weighted by molar-refractivity contribution is 5.89. The lowest BCUT2D eigenvalue weighted by atomic mass is 9.99. The van der Waals surface area contributed by atoms with Gasteiger partial charge in [0.05, 0.1) is 13.2 Å². The summed E-state index contributed by atoms with van der Waals surface area (Å²) < 4.78 is 11.5. The van der Waals surface area contributed by atoms with Crippen LogP contribution in [0, 0.1) is 20.8 Å². The first kappa shape index (κ1) is 14.1. The molecule has 0 fully saturated rings. The van der Waals surface area contributed by atoms with Crippen LogP contribution in [-0.4, -0.2) is 13.7 Å². The zero-order chi connectivity index (χ0) is 14.0. The van der Waals surface area contributed by atoms with Crippen molar-refractivity contribution >= 4 is 11.0 Å². The highest BCUT2D eigenvalue weighted by Gasteiger charge is 2.18. The predicted molar refractivity (Wildman–Crippen MR) is 78.5 cm³/mol. The first-order valence-electron chi connectivity index (χ1n) is 6.80. The second kappa shape index (κ2) is 5.76. The van der Waals surface area contributed by atoms with Crippen molar-refractivity contribution in [2.45, 2.75) is 40.8 Å². The van der Waals surface area contributed by atoms with Crippen molar-refractivity contribution in [3.63, 3.8) is 0 Å². The van der Waals surface area contributed by atoms with Crippen molar-refractivity contribution in [1.82, 2.24) is 5.32 Å². The molecule has 1 heterocycles. The van der Waals surface area contributed by atoms with Crippen molar-refractivity contribution < 1.29 is 9.15 Å². The summed E-state index contributed by atoms with van der Waals surface area (Å²) in [6.45, 7) is 10.8. The van der Waals surface area contributed by atoms with E-state index in [-0.39, 0.29) is 0 Å². The number of furan rings is 1. The van der Waals surface area contributed by atoms with Gasteiger partial charge in [-0.25, -0.2) is 0 Å². The Morgan fingerprint density at radius 1 is 1.21 bits per heavy atom. The molecule has 0 aliphatic carbocycles. The van der Waals surface area contributed by atoms with E-state index in [1.165, 1.54) is 27.6 Å². The molecule has 3 heteroatoms. The Morgan fingerprint density at radius 2 is 1.95 bits per heavy atom. The SMILES string of the molecule is CCNCc1oc2c(C)c(C)cc(C)c2c1COC. The van der Waals surface area contributed by atoms with Gasteiger partial charge < -0.3 is 14.5 Å².